The van der Waals surface area contributed by atoms with Crippen LogP contribution in [-0.4, -0.2) is 0 Å². The van der Waals surface area contributed by atoms with Gasteiger partial charge in [0, 0.05) is 5.56 Å². The second-order valence-electron chi connectivity index (χ2n) is 8.48. The molecule has 1 fully saturated rings. The van der Waals surface area contributed by atoms with Gasteiger partial charge in [-0.1, -0.05) is 24.0 Å². The van der Waals surface area contributed by atoms with Gasteiger partial charge in [-0.05, 0) is 92.0 Å². The smallest absolute Gasteiger partial charge is 0.194 e. The Labute approximate surface area is 175 Å². The third kappa shape index (κ3) is 4.17. The Morgan fingerprint density at radius 2 is 1.53 bits per heavy atom. The number of allylic oxidation sites excluding steroid dienone is 1. The van der Waals surface area contributed by atoms with E-state index in [4.69, 9.17) is 0 Å². The van der Waals surface area contributed by atoms with Gasteiger partial charge in [0.15, 0.2) is 17.5 Å². The average Bonchev–Trinajstić information content (AvgIpc) is 2.76. The lowest BCUT2D eigenvalue weighted by Crippen LogP contribution is -2.26. The standard InChI is InChI=1S/C26H24F4/c1-2-16-3-6-18(7-4-16)20-11-12-22-21(15-20)10-9-19(25(22)29)8-5-17-13-23(27)26(30)24(28)14-17/h2,9-10,13-14,16,18,20H,1,3-4,6-7,11-12,15H2. The second-order valence-corrected chi connectivity index (χ2v) is 8.48. The molecule has 4 heteroatoms. The monoisotopic (exact) mass is 412 g/mol. The van der Waals surface area contributed by atoms with Gasteiger partial charge in [-0.25, -0.2) is 17.6 Å². The molecular formula is C26H24F4. The van der Waals surface area contributed by atoms with E-state index >= 15 is 4.39 Å². The molecule has 0 aromatic heterocycles. The average molecular weight is 412 g/mol. The molecule has 2 aliphatic carbocycles. The predicted octanol–water partition coefficient (Wildman–Crippen LogP) is 6.74. The maximum absolute atomic E-state index is 15.0. The maximum atomic E-state index is 15.0. The summed E-state index contributed by atoms with van der Waals surface area (Å²) >= 11 is 0. The van der Waals surface area contributed by atoms with Gasteiger partial charge in [-0.2, -0.15) is 0 Å². The minimum absolute atomic E-state index is 0.0290. The Hall–Kier alpha value is -2.54. The van der Waals surface area contributed by atoms with E-state index in [0.29, 0.717) is 29.7 Å². The van der Waals surface area contributed by atoms with E-state index in [-0.39, 0.29) is 16.9 Å². The lowest BCUT2D eigenvalue weighted by molar-refractivity contribution is 0.205. The van der Waals surface area contributed by atoms with E-state index in [0.717, 1.165) is 30.5 Å². The molecule has 1 atom stereocenters. The van der Waals surface area contributed by atoms with Gasteiger partial charge in [0.1, 0.15) is 5.82 Å². The number of hydrogen-bond donors (Lipinski definition) is 0. The maximum Gasteiger partial charge on any atom is 0.194 e. The summed E-state index contributed by atoms with van der Waals surface area (Å²) in [6.45, 7) is 3.91. The van der Waals surface area contributed by atoms with Gasteiger partial charge in [0.05, 0.1) is 5.56 Å². The Kier molecular flexibility index (Phi) is 5.99. The quantitative estimate of drug-likeness (QED) is 0.222. The first-order valence-electron chi connectivity index (χ1n) is 10.6. The molecule has 2 aromatic rings. The van der Waals surface area contributed by atoms with Crippen molar-refractivity contribution in [2.24, 2.45) is 17.8 Å². The van der Waals surface area contributed by atoms with Crippen LogP contribution in [0.25, 0.3) is 0 Å². The molecule has 0 spiro atoms. The highest BCUT2D eigenvalue weighted by Crippen LogP contribution is 2.40. The van der Waals surface area contributed by atoms with Crippen molar-refractivity contribution in [2.75, 3.05) is 0 Å². The molecule has 0 aliphatic heterocycles. The van der Waals surface area contributed by atoms with Crippen LogP contribution in [0.4, 0.5) is 17.6 Å². The number of halogens is 4. The molecule has 0 heterocycles. The fraction of sp³-hybridized carbons (Fsp3) is 0.385. The van der Waals surface area contributed by atoms with E-state index in [1.807, 2.05) is 6.07 Å². The highest BCUT2D eigenvalue weighted by molar-refractivity contribution is 5.47. The van der Waals surface area contributed by atoms with Crippen LogP contribution in [0.1, 0.15) is 54.4 Å². The number of fused-ring (bicyclic) bond motifs is 1. The minimum Gasteiger partial charge on any atom is -0.205 e. The minimum atomic E-state index is -1.53. The summed E-state index contributed by atoms with van der Waals surface area (Å²) < 4.78 is 54.8. The van der Waals surface area contributed by atoms with E-state index in [1.165, 1.54) is 25.7 Å². The summed E-state index contributed by atoms with van der Waals surface area (Å²) in [5.41, 5.74) is 1.91. The van der Waals surface area contributed by atoms with Crippen LogP contribution in [0.3, 0.4) is 0 Å². The first kappa shape index (κ1) is 20.7. The highest BCUT2D eigenvalue weighted by atomic mass is 19.2. The number of rotatable bonds is 2. The van der Waals surface area contributed by atoms with Crippen molar-refractivity contribution in [3.63, 3.8) is 0 Å². The fourth-order valence-corrected chi connectivity index (χ4v) is 4.96. The van der Waals surface area contributed by atoms with Crippen LogP contribution < -0.4 is 0 Å². The summed E-state index contributed by atoms with van der Waals surface area (Å²) in [6, 6.07) is 5.19. The largest absolute Gasteiger partial charge is 0.205 e. The molecule has 2 aliphatic rings. The van der Waals surface area contributed by atoms with Crippen LogP contribution in [0.15, 0.2) is 36.9 Å². The number of benzene rings is 2. The normalized spacial score (nSPS) is 23.3. The first-order chi connectivity index (χ1) is 14.5. The zero-order chi connectivity index (χ0) is 21.3. The van der Waals surface area contributed by atoms with E-state index in [2.05, 4.69) is 24.5 Å². The molecule has 1 unspecified atom stereocenters. The summed E-state index contributed by atoms with van der Waals surface area (Å²) in [4.78, 5) is 0. The van der Waals surface area contributed by atoms with Gasteiger partial charge < -0.3 is 0 Å². The summed E-state index contributed by atoms with van der Waals surface area (Å²) in [6.07, 6.45) is 9.44. The van der Waals surface area contributed by atoms with Crippen molar-refractivity contribution < 1.29 is 17.6 Å². The molecular weight excluding hydrogens is 388 g/mol. The lowest BCUT2D eigenvalue weighted by Gasteiger charge is -2.36. The third-order valence-corrected chi connectivity index (χ3v) is 6.73. The molecule has 0 amide bonds. The molecule has 0 nitrogen and oxygen atoms in total. The Balaban J connectivity index is 1.51. The van der Waals surface area contributed by atoms with Gasteiger partial charge in [-0.15, -0.1) is 6.58 Å². The molecule has 0 saturated heterocycles. The predicted molar refractivity (Wildman–Crippen MR) is 110 cm³/mol. The highest BCUT2D eigenvalue weighted by Gasteiger charge is 2.30. The van der Waals surface area contributed by atoms with Crippen molar-refractivity contribution in [3.05, 3.63) is 82.4 Å². The molecule has 0 bridgehead atoms. The zero-order valence-corrected chi connectivity index (χ0v) is 16.8. The number of hydrogen-bond acceptors (Lipinski definition) is 0. The Morgan fingerprint density at radius 3 is 2.20 bits per heavy atom. The third-order valence-electron chi connectivity index (χ3n) is 6.73. The van der Waals surface area contributed by atoms with Crippen LogP contribution in [0.2, 0.25) is 0 Å². The topological polar surface area (TPSA) is 0 Å². The second kappa shape index (κ2) is 8.68. The van der Waals surface area contributed by atoms with E-state index < -0.39 is 17.5 Å². The molecule has 4 rings (SSSR count). The zero-order valence-electron chi connectivity index (χ0n) is 16.8. The van der Waals surface area contributed by atoms with Crippen LogP contribution in [0.5, 0.6) is 0 Å². The van der Waals surface area contributed by atoms with Gasteiger partial charge in [0.25, 0.3) is 0 Å². The van der Waals surface area contributed by atoms with E-state index in [9.17, 15) is 13.2 Å². The SMILES string of the molecule is C=CC1CCC(C2CCc3c(ccc(C#Cc4cc(F)c(F)c(F)c4)c3F)C2)CC1. The fourth-order valence-electron chi connectivity index (χ4n) is 4.96. The van der Waals surface area contributed by atoms with Crippen molar-refractivity contribution in [2.45, 2.75) is 44.9 Å². The molecule has 0 N–H and O–H groups in total. The summed E-state index contributed by atoms with van der Waals surface area (Å²) in [5, 5.41) is 0. The van der Waals surface area contributed by atoms with Gasteiger partial charge in [0.2, 0.25) is 0 Å². The van der Waals surface area contributed by atoms with Crippen molar-refractivity contribution in [3.8, 4) is 11.8 Å². The first-order valence-corrected chi connectivity index (χ1v) is 10.6. The summed E-state index contributed by atoms with van der Waals surface area (Å²) in [5.74, 6) is 2.61. The summed E-state index contributed by atoms with van der Waals surface area (Å²) in [7, 11) is 0. The van der Waals surface area contributed by atoms with Crippen molar-refractivity contribution in [1.82, 2.24) is 0 Å². The Bertz CT molecular complexity index is 996. The van der Waals surface area contributed by atoms with Crippen LogP contribution in [-0.2, 0) is 12.8 Å². The van der Waals surface area contributed by atoms with E-state index in [1.54, 1.807) is 6.07 Å². The Morgan fingerprint density at radius 1 is 0.833 bits per heavy atom. The molecule has 156 valence electrons. The molecule has 30 heavy (non-hydrogen) atoms. The van der Waals surface area contributed by atoms with Gasteiger partial charge in [-0.3, -0.25) is 0 Å². The molecule has 0 radical (unpaired) electrons. The molecule has 1 saturated carbocycles. The van der Waals surface area contributed by atoms with Crippen LogP contribution in [0, 0.1) is 52.9 Å². The van der Waals surface area contributed by atoms with Crippen molar-refractivity contribution >= 4 is 0 Å². The van der Waals surface area contributed by atoms with Crippen molar-refractivity contribution in [1.29, 1.82) is 0 Å². The lowest BCUT2D eigenvalue weighted by atomic mass is 9.69. The van der Waals surface area contributed by atoms with Crippen LogP contribution >= 0.6 is 0 Å². The molecule has 2 aromatic carbocycles. The van der Waals surface area contributed by atoms with Gasteiger partial charge >= 0.3 is 0 Å².